The van der Waals surface area contributed by atoms with Crippen molar-refractivity contribution in [1.82, 2.24) is 10.2 Å². The number of nitrogens with one attached hydrogen (secondary N) is 2. The lowest BCUT2D eigenvalue weighted by molar-refractivity contribution is -0.124. The number of hydrogen-bond acceptors (Lipinski definition) is 5. The monoisotopic (exact) mass is 375 g/mol. The number of ether oxygens (including phenoxy) is 1. The van der Waals surface area contributed by atoms with Crippen LogP contribution in [0, 0.1) is 13.8 Å². The molecule has 1 heterocycles. The van der Waals surface area contributed by atoms with Crippen molar-refractivity contribution in [2.75, 3.05) is 32.6 Å². The first-order valence-corrected chi connectivity index (χ1v) is 9.19. The second kappa shape index (κ2) is 9.35. The van der Waals surface area contributed by atoms with Crippen LogP contribution in [0.15, 0.2) is 29.6 Å². The number of methoxy groups -OCH3 is 1. The van der Waals surface area contributed by atoms with Crippen LogP contribution < -0.4 is 15.4 Å². The Morgan fingerprint density at radius 3 is 2.62 bits per heavy atom. The van der Waals surface area contributed by atoms with Crippen molar-refractivity contribution in [3.05, 3.63) is 45.6 Å². The number of hydrogen-bond donors (Lipinski definition) is 2. The van der Waals surface area contributed by atoms with Gasteiger partial charge in [0.15, 0.2) is 0 Å². The van der Waals surface area contributed by atoms with E-state index in [-0.39, 0.29) is 24.9 Å². The second-order valence-corrected chi connectivity index (χ2v) is 7.23. The summed E-state index contributed by atoms with van der Waals surface area (Å²) in [7, 11) is 3.43. The van der Waals surface area contributed by atoms with Gasteiger partial charge in [0, 0.05) is 11.4 Å². The van der Waals surface area contributed by atoms with Crippen molar-refractivity contribution in [2.24, 2.45) is 0 Å². The maximum Gasteiger partial charge on any atom is 0.243 e. The van der Waals surface area contributed by atoms with Crippen LogP contribution in [0.2, 0.25) is 0 Å². The molecule has 0 radical (unpaired) electrons. The van der Waals surface area contributed by atoms with Gasteiger partial charge in [-0.1, -0.05) is 6.07 Å². The summed E-state index contributed by atoms with van der Waals surface area (Å²) in [4.78, 5) is 27.3. The number of thiophene rings is 1. The summed E-state index contributed by atoms with van der Waals surface area (Å²) in [5, 5.41) is 7.46. The zero-order valence-electron chi connectivity index (χ0n) is 15.6. The highest BCUT2D eigenvalue weighted by molar-refractivity contribution is 7.10. The van der Waals surface area contributed by atoms with Crippen LogP contribution in [0.3, 0.4) is 0 Å². The van der Waals surface area contributed by atoms with Crippen LogP contribution in [0.4, 0.5) is 5.69 Å². The van der Waals surface area contributed by atoms with E-state index in [1.807, 2.05) is 36.4 Å². The zero-order chi connectivity index (χ0) is 19.1. The molecule has 140 valence electrons. The molecule has 0 saturated heterocycles. The molecule has 1 aromatic heterocycles. The second-order valence-electron chi connectivity index (χ2n) is 6.23. The molecule has 6 nitrogen and oxygen atoms in total. The number of rotatable bonds is 8. The highest BCUT2D eigenvalue weighted by Gasteiger charge is 2.12. The lowest BCUT2D eigenvalue weighted by Crippen LogP contribution is -2.39. The first-order chi connectivity index (χ1) is 12.4. The molecule has 0 aliphatic rings. The summed E-state index contributed by atoms with van der Waals surface area (Å²) in [6.45, 7) is 4.86. The van der Waals surface area contributed by atoms with Gasteiger partial charge in [0.25, 0.3) is 0 Å². The summed E-state index contributed by atoms with van der Waals surface area (Å²) in [6, 6.07) is 7.60. The van der Waals surface area contributed by atoms with E-state index in [0.717, 1.165) is 5.56 Å². The molecular formula is C19H25N3O3S. The molecule has 1 aromatic carbocycles. The molecule has 0 aliphatic carbocycles. The fourth-order valence-corrected chi connectivity index (χ4v) is 3.45. The first-order valence-electron chi connectivity index (χ1n) is 8.31. The number of benzene rings is 1. The summed E-state index contributed by atoms with van der Waals surface area (Å²) >= 11 is 1.68. The Bertz CT molecular complexity index is 773. The van der Waals surface area contributed by atoms with Crippen molar-refractivity contribution in [3.63, 3.8) is 0 Å². The van der Waals surface area contributed by atoms with E-state index in [4.69, 9.17) is 4.74 Å². The number of amides is 2. The molecule has 0 saturated carbocycles. The van der Waals surface area contributed by atoms with Crippen LogP contribution in [-0.4, -0.2) is 44.0 Å². The Balaban J connectivity index is 1.79. The molecule has 0 unspecified atom stereocenters. The molecule has 2 N–H and O–H groups in total. The highest BCUT2D eigenvalue weighted by Crippen LogP contribution is 2.24. The van der Waals surface area contributed by atoms with Gasteiger partial charge in [-0.3, -0.25) is 14.5 Å². The molecule has 26 heavy (non-hydrogen) atoms. The lowest BCUT2D eigenvalue weighted by atomic mass is 10.2. The predicted molar refractivity (Wildman–Crippen MR) is 105 cm³/mol. The van der Waals surface area contributed by atoms with Crippen LogP contribution in [0.1, 0.15) is 16.0 Å². The molecule has 0 fully saturated rings. The Hall–Kier alpha value is -2.38. The molecular weight excluding hydrogens is 350 g/mol. The molecule has 0 atom stereocenters. The van der Waals surface area contributed by atoms with Crippen LogP contribution in [-0.2, 0) is 16.1 Å². The van der Waals surface area contributed by atoms with Crippen molar-refractivity contribution >= 4 is 28.8 Å². The molecule has 0 spiro atoms. The van der Waals surface area contributed by atoms with E-state index in [0.29, 0.717) is 18.0 Å². The summed E-state index contributed by atoms with van der Waals surface area (Å²) in [6.07, 6.45) is 0. The smallest absolute Gasteiger partial charge is 0.243 e. The third kappa shape index (κ3) is 5.86. The third-order valence-electron chi connectivity index (χ3n) is 3.87. The standard InChI is InChI=1S/C19H25N3O3S/c1-13-5-6-16(25-4)15(9-13)21-18(23)10-20-19(24)12-22(3)11-17-14(2)7-8-26-17/h5-9H,10-12H2,1-4H3,(H,20,24)(H,21,23). The molecule has 7 heteroatoms. The van der Waals surface area contributed by atoms with Gasteiger partial charge in [0.2, 0.25) is 11.8 Å². The van der Waals surface area contributed by atoms with E-state index in [1.165, 1.54) is 10.4 Å². The van der Waals surface area contributed by atoms with E-state index >= 15 is 0 Å². The van der Waals surface area contributed by atoms with E-state index in [2.05, 4.69) is 23.6 Å². The average molecular weight is 375 g/mol. The Labute approximate surface area is 158 Å². The van der Waals surface area contributed by atoms with Gasteiger partial charge in [-0.25, -0.2) is 0 Å². The van der Waals surface area contributed by atoms with E-state index < -0.39 is 0 Å². The van der Waals surface area contributed by atoms with Gasteiger partial charge in [0.1, 0.15) is 5.75 Å². The third-order valence-corrected chi connectivity index (χ3v) is 4.88. The number of likely N-dealkylation sites (N-methyl/N-ethyl adjacent to an activating group) is 1. The molecule has 0 bridgehead atoms. The van der Waals surface area contributed by atoms with Crippen molar-refractivity contribution < 1.29 is 14.3 Å². The molecule has 2 amide bonds. The van der Waals surface area contributed by atoms with E-state index in [9.17, 15) is 9.59 Å². The zero-order valence-corrected chi connectivity index (χ0v) is 16.4. The normalized spacial score (nSPS) is 10.7. The Morgan fingerprint density at radius 1 is 1.19 bits per heavy atom. The summed E-state index contributed by atoms with van der Waals surface area (Å²) in [5.74, 6) is 0.105. The van der Waals surface area contributed by atoms with Gasteiger partial charge in [-0.05, 0) is 55.6 Å². The van der Waals surface area contributed by atoms with Crippen LogP contribution in [0.25, 0.3) is 0 Å². The predicted octanol–water partition coefficient (Wildman–Crippen LogP) is 2.56. The number of nitrogens with zero attached hydrogens (tertiary/aromatic N) is 1. The minimum absolute atomic E-state index is 0.0815. The van der Waals surface area contributed by atoms with Crippen LogP contribution >= 0.6 is 11.3 Å². The topological polar surface area (TPSA) is 70.7 Å². The van der Waals surface area contributed by atoms with Gasteiger partial charge in [0.05, 0.1) is 25.9 Å². The number of carbonyl (C=O) groups excluding carboxylic acids is 2. The Morgan fingerprint density at radius 2 is 1.96 bits per heavy atom. The fourth-order valence-electron chi connectivity index (χ4n) is 2.46. The van der Waals surface area contributed by atoms with Crippen molar-refractivity contribution in [3.8, 4) is 5.75 Å². The maximum absolute atomic E-state index is 12.1. The molecule has 2 aromatic rings. The lowest BCUT2D eigenvalue weighted by Gasteiger charge is -2.16. The number of aryl methyl sites for hydroxylation is 2. The van der Waals surface area contributed by atoms with Gasteiger partial charge in [-0.2, -0.15) is 0 Å². The number of anilines is 1. The SMILES string of the molecule is COc1ccc(C)cc1NC(=O)CNC(=O)CN(C)Cc1sccc1C. The van der Waals surface area contributed by atoms with E-state index in [1.54, 1.807) is 24.5 Å². The van der Waals surface area contributed by atoms with Gasteiger partial charge < -0.3 is 15.4 Å². The summed E-state index contributed by atoms with van der Waals surface area (Å²) < 4.78 is 5.23. The first kappa shape index (κ1) is 19.9. The van der Waals surface area contributed by atoms with Gasteiger partial charge >= 0.3 is 0 Å². The minimum Gasteiger partial charge on any atom is -0.495 e. The largest absolute Gasteiger partial charge is 0.495 e. The molecule has 0 aliphatic heterocycles. The maximum atomic E-state index is 12.1. The highest BCUT2D eigenvalue weighted by atomic mass is 32.1. The Kier molecular flexibility index (Phi) is 7.17. The summed E-state index contributed by atoms with van der Waals surface area (Å²) in [5.41, 5.74) is 2.83. The van der Waals surface area contributed by atoms with Gasteiger partial charge in [-0.15, -0.1) is 11.3 Å². The molecule has 2 rings (SSSR count). The fraction of sp³-hybridized carbons (Fsp3) is 0.368. The quantitative estimate of drug-likeness (QED) is 0.744. The van der Waals surface area contributed by atoms with Crippen molar-refractivity contribution in [1.29, 1.82) is 0 Å². The number of carbonyl (C=O) groups is 2. The average Bonchev–Trinajstić information content (AvgIpc) is 2.98. The minimum atomic E-state index is -0.293. The van der Waals surface area contributed by atoms with Crippen LogP contribution in [0.5, 0.6) is 5.75 Å². The van der Waals surface area contributed by atoms with Crippen molar-refractivity contribution in [2.45, 2.75) is 20.4 Å².